The topological polar surface area (TPSA) is 36.7 Å². The fourth-order valence-corrected chi connectivity index (χ4v) is 1.35. The fraction of sp³-hybridized carbons (Fsp3) is 0.0909. The van der Waals surface area contributed by atoms with Crippen molar-refractivity contribution in [1.29, 1.82) is 5.26 Å². The van der Waals surface area contributed by atoms with Gasteiger partial charge in [0.2, 0.25) is 0 Å². The second-order valence-electron chi connectivity index (χ2n) is 2.87. The first-order valence-corrected chi connectivity index (χ1v) is 3.98. The third-order valence-corrected chi connectivity index (χ3v) is 2.04. The van der Waals surface area contributed by atoms with Gasteiger partial charge in [0.1, 0.15) is 0 Å². The molecule has 1 aromatic carbocycles. The Morgan fingerprint density at radius 3 is 2.93 bits per heavy atom. The monoisotopic (exact) mass is 206 g/mol. The van der Waals surface area contributed by atoms with Crippen molar-refractivity contribution in [3.8, 4) is 6.07 Å². The van der Waals surface area contributed by atoms with E-state index in [0.29, 0.717) is 5.56 Å². The summed E-state index contributed by atoms with van der Waals surface area (Å²) in [6.07, 6.45) is 1.62. The van der Waals surface area contributed by atoms with Crippen molar-refractivity contribution in [2.24, 2.45) is 0 Å². The number of hydrogen-bond donors (Lipinski definition) is 0. The van der Waals surface area contributed by atoms with E-state index in [2.05, 4.69) is 17.1 Å². The van der Waals surface area contributed by atoms with E-state index in [1.165, 1.54) is 0 Å². The van der Waals surface area contributed by atoms with E-state index in [4.69, 9.17) is 5.26 Å². The van der Waals surface area contributed by atoms with E-state index in [1.54, 1.807) is 12.3 Å². The summed E-state index contributed by atoms with van der Waals surface area (Å²) in [5.74, 6) is 0. The van der Waals surface area contributed by atoms with Crippen molar-refractivity contribution < 1.29 is 51.4 Å². The number of aromatic nitrogens is 1. The molecule has 2 rings (SSSR count). The summed E-state index contributed by atoms with van der Waals surface area (Å²) >= 11 is 0. The standard InChI is InChI=1S/C11H7N2.K/c1-8-4-5-9(7-12)10-3-2-6-13-11(8)10;/h3-6H,1H3;/q-1;+1. The van der Waals surface area contributed by atoms with Gasteiger partial charge in [0, 0.05) is 0 Å². The maximum atomic E-state index is 8.83. The Morgan fingerprint density at radius 1 is 1.43 bits per heavy atom. The Kier molecular flexibility index (Phi) is 4.23. The molecule has 0 fully saturated rings. The molecule has 0 spiro atoms. The Bertz CT molecular complexity index is 500. The zero-order chi connectivity index (χ0) is 9.26. The van der Waals surface area contributed by atoms with Crippen molar-refractivity contribution >= 4 is 10.9 Å². The van der Waals surface area contributed by atoms with Crippen molar-refractivity contribution in [3.63, 3.8) is 0 Å². The molecule has 0 bridgehead atoms. The average Bonchev–Trinajstić information content (AvgIpc) is 2.19. The third-order valence-electron chi connectivity index (χ3n) is 2.04. The largest absolute Gasteiger partial charge is 1.00 e. The number of aryl methyl sites for hydroxylation is 1. The van der Waals surface area contributed by atoms with E-state index in [0.717, 1.165) is 16.5 Å². The molecule has 0 saturated carbocycles. The van der Waals surface area contributed by atoms with Gasteiger partial charge in [0.25, 0.3) is 0 Å². The van der Waals surface area contributed by atoms with Crippen LogP contribution in [0.25, 0.3) is 10.9 Å². The van der Waals surface area contributed by atoms with Crippen LogP contribution >= 0.6 is 0 Å². The molecule has 62 valence electrons. The first kappa shape index (κ1) is 11.8. The number of nitrogens with zero attached hydrogens (tertiary/aromatic N) is 2. The van der Waals surface area contributed by atoms with Crippen LogP contribution in [0.15, 0.2) is 24.4 Å². The van der Waals surface area contributed by atoms with Crippen LogP contribution in [0.3, 0.4) is 0 Å². The molecular formula is C11H7KN2. The second kappa shape index (κ2) is 5.01. The maximum Gasteiger partial charge on any atom is 1.00 e. The van der Waals surface area contributed by atoms with E-state index >= 15 is 0 Å². The van der Waals surface area contributed by atoms with Gasteiger partial charge in [0.15, 0.2) is 0 Å². The first-order chi connectivity index (χ1) is 6.33. The quantitative estimate of drug-likeness (QED) is 0.419. The molecule has 1 aromatic heterocycles. The van der Waals surface area contributed by atoms with Gasteiger partial charge in [-0.25, -0.2) is 12.1 Å². The molecule has 0 radical (unpaired) electrons. The van der Waals surface area contributed by atoms with Crippen molar-refractivity contribution in [3.05, 3.63) is 41.6 Å². The number of hydrogen-bond acceptors (Lipinski definition) is 2. The van der Waals surface area contributed by atoms with Gasteiger partial charge >= 0.3 is 51.4 Å². The van der Waals surface area contributed by atoms with Crippen molar-refractivity contribution in [2.45, 2.75) is 6.92 Å². The Balaban J connectivity index is 0.000000980. The summed E-state index contributed by atoms with van der Waals surface area (Å²) in [6.45, 7) is 1.98. The van der Waals surface area contributed by atoms with Gasteiger partial charge in [-0.2, -0.15) is 5.26 Å². The number of pyridine rings is 1. The van der Waals surface area contributed by atoms with Crippen molar-refractivity contribution in [2.75, 3.05) is 0 Å². The zero-order valence-electron chi connectivity index (χ0n) is 8.20. The van der Waals surface area contributed by atoms with E-state index in [-0.39, 0.29) is 51.4 Å². The summed E-state index contributed by atoms with van der Waals surface area (Å²) in [5.41, 5.74) is 2.63. The predicted octanol–water partition coefficient (Wildman–Crippen LogP) is -0.781. The molecule has 0 aliphatic heterocycles. The molecule has 0 aliphatic rings. The van der Waals surface area contributed by atoms with Crippen LogP contribution in [0.4, 0.5) is 0 Å². The minimum absolute atomic E-state index is 0. The molecule has 0 amide bonds. The Hall–Kier alpha value is -0.244. The summed E-state index contributed by atoms with van der Waals surface area (Å²) < 4.78 is 0. The summed E-state index contributed by atoms with van der Waals surface area (Å²) in [6, 6.07) is 10.5. The molecule has 2 nitrogen and oxygen atoms in total. The summed E-state index contributed by atoms with van der Waals surface area (Å²) in [4.78, 5) is 4.18. The molecular weight excluding hydrogens is 199 g/mol. The number of benzene rings is 1. The van der Waals surface area contributed by atoms with Gasteiger partial charge in [-0.05, 0) is 23.6 Å². The average molecular weight is 206 g/mol. The van der Waals surface area contributed by atoms with Crippen LogP contribution in [0.1, 0.15) is 11.1 Å². The van der Waals surface area contributed by atoms with Crippen LogP contribution in [-0.4, -0.2) is 4.98 Å². The molecule has 0 aliphatic carbocycles. The van der Waals surface area contributed by atoms with Gasteiger partial charge in [0.05, 0.1) is 6.07 Å². The molecule has 0 unspecified atom stereocenters. The summed E-state index contributed by atoms with van der Waals surface area (Å²) in [7, 11) is 0. The normalized spacial score (nSPS) is 9.14. The minimum Gasteiger partial charge on any atom is -0.295 e. The number of rotatable bonds is 0. The second-order valence-corrected chi connectivity index (χ2v) is 2.87. The summed E-state index contributed by atoms with van der Waals surface area (Å²) in [5, 5.41) is 9.71. The fourth-order valence-electron chi connectivity index (χ4n) is 1.35. The predicted molar refractivity (Wildman–Crippen MR) is 50.0 cm³/mol. The van der Waals surface area contributed by atoms with Gasteiger partial charge in [-0.1, -0.05) is 18.3 Å². The van der Waals surface area contributed by atoms with E-state index in [9.17, 15) is 0 Å². The van der Waals surface area contributed by atoms with Crippen LogP contribution in [0.5, 0.6) is 0 Å². The molecule has 2 aromatic rings. The molecule has 0 saturated heterocycles. The van der Waals surface area contributed by atoms with Gasteiger partial charge in [-0.15, -0.1) is 5.39 Å². The van der Waals surface area contributed by atoms with Gasteiger partial charge in [-0.3, -0.25) is 4.98 Å². The zero-order valence-corrected chi connectivity index (χ0v) is 11.3. The SMILES string of the molecule is Cc1ccc(C#N)c2c[c-]cnc12.[K+]. The molecule has 1 heterocycles. The Morgan fingerprint density at radius 2 is 2.21 bits per heavy atom. The maximum absolute atomic E-state index is 8.83. The van der Waals surface area contributed by atoms with Crippen LogP contribution < -0.4 is 51.4 Å². The van der Waals surface area contributed by atoms with Gasteiger partial charge < -0.3 is 0 Å². The molecule has 0 atom stereocenters. The minimum atomic E-state index is 0. The number of nitriles is 1. The molecule has 0 N–H and O–H groups in total. The van der Waals surface area contributed by atoms with E-state index in [1.807, 2.05) is 19.1 Å². The third kappa shape index (κ3) is 2.05. The Labute approximate surface area is 125 Å². The smallest absolute Gasteiger partial charge is 0.295 e. The van der Waals surface area contributed by atoms with E-state index < -0.39 is 0 Å². The van der Waals surface area contributed by atoms with Crippen molar-refractivity contribution in [1.82, 2.24) is 4.98 Å². The molecule has 14 heavy (non-hydrogen) atoms. The first-order valence-electron chi connectivity index (χ1n) is 3.98. The molecule has 3 heteroatoms. The van der Waals surface area contributed by atoms with Crippen LogP contribution in [0, 0.1) is 24.3 Å². The van der Waals surface area contributed by atoms with Crippen LogP contribution in [-0.2, 0) is 0 Å². The number of fused-ring (bicyclic) bond motifs is 1. The van der Waals surface area contributed by atoms with Crippen LogP contribution in [0.2, 0.25) is 0 Å².